The Morgan fingerprint density at radius 3 is 2.95 bits per heavy atom. The SMILES string of the molecule is C#CCC(CC)Nc1ccc2ncccc2c1[N+](=O)[O-]. The predicted octanol–water partition coefficient (Wildman–Crippen LogP) is 3.36. The first-order chi connectivity index (χ1) is 9.67. The maximum atomic E-state index is 11.4. The lowest BCUT2D eigenvalue weighted by molar-refractivity contribution is -0.382. The molecule has 0 fully saturated rings. The molecule has 2 aromatic rings. The highest BCUT2D eigenvalue weighted by molar-refractivity contribution is 5.94. The van der Waals surface area contributed by atoms with Gasteiger partial charge in [-0.15, -0.1) is 12.3 Å². The van der Waals surface area contributed by atoms with Crippen LogP contribution in [-0.4, -0.2) is 15.9 Å². The average molecular weight is 269 g/mol. The molecule has 1 aromatic heterocycles. The van der Waals surface area contributed by atoms with E-state index < -0.39 is 0 Å². The molecule has 1 aromatic carbocycles. The van der Waals surface area contributed by atoms with E-state index in [0.717, 1.165) is 6.42 Å². The summed E-state index contributed by atoms with van der Waals surface area (Å²) in [6.07, 6.45) is 8.26. The number of benzene rings is 1. The molecule has 2 rings (SSSR count). The third-order valence-electron chi connectivity index (χ3n) is 3.16. The number of anilines is 1. The number of terminal acetylenes is 1. The number of nitro benzene ring substituents is 1. The minimum Gasteiger partial charge on any atom is -0.376 e. The second kappa shape index (κ2) is 6.02. The van der Waals surface area contributed by atoms with Crippen LogP contribution in [0.4, 0.5) is 11.4 Å². The average Bonchev–Trinajstić information content (AvgIpc) is 2.46. The van der Waals surface area contributed by atoms with Crippen molar-refractivity contribution in [3.05, 3.63) is 40.6 Å². The first-order valence-corrected chi connectivity index (χ1v) is 6.39. The summed E-state index contributed by atoms with van der Waals surface area (Å²) < 4.78 is 0. The zero-order chi connectivity index (χ0) is 14.5. The van der Waals surface area contributed by atoms with Crippen molar-refractivity contribution in [1.82, 2.24) is 4.98 Å². The minimum absolute atomic E-state index is 0.0211. The van der Waals surface area contributed by atoms with Crippen LogP contribution in [-0.2, 0) is 0 Å². The minimum atomic E-state index is -0.380. The molecule has 0 bridgehead atoms. The molecule has 0 aliphatic heterocycles. The van der Waals surface area contributed by atoms with Crippen LogP contribution < -0.4 is 5.32 Å². The maximum Gasteiger partial charge on any atom is 0.301 e. The zero-order valence-electron chi connectivity index (χ0n) is 11.2. The summed E-state index contributed by atoms with van der Waals surface area (Å²) in [5, 5.41) is 15.0. The summed E-state index contributed by atoms with van der Waals surface area (Å²) in [7, 11) is 0. The highest BCUT2D eigenvalue weighted by Gasteiger charge is 2.20. The lowest BCUT2D eigenvalue weighted by atomic mass is 10.1. The van der Waals surface area contributed by atoms with Crippen molar-refractivity contribution in [3.63, 3.8) is 0 Å². The molecular formula is C15H15N3O2. The Balaban J connectivity index is 2.50. The lowest BCUT2D eigenvalue weighted by Crippen LogP contribution is -2.18. The smallest absolute Gasteiger partial charge is 0.301 e. The van der Waals surface area contributed by atoms with Gasteiger partial charge in [-0.1, -0.05) is 6.92 Å². The van der Waals surface area contributed by atoms with Crippen molar-refractivity contribution in [2.75, 3.05) is 5.32 Å². The van der Waals surface area contributed by atoms with Crippen LogP contribution in [0.5, 0.6) is 0 Å². The Hall–Kier alpha value is -2.61. The van der Waals surface area contributed by atoms with Gasteiger partial charge in [-0.3, -0.25) is 15.1 Å². The normalized spacial score (nSPS) is 11.8. The number of aromatic nitrogens is 1. The van der Waals surface area contributed by atoms with Crippen molar-refractivity contribution in [2.24, 2.45) is 0 Å². The van der Waals surface area contributed by atoms with Gasteiger partial charge in [0.05, 0.1) is 15.8 Å². The number of fused-ring (bicyclic) bond motifs is 1. The molecule has 5 heteroatoms. The van der Waals surface area contributed by atoms with Gasteiger partial charge in [0, 0.05) is 18.7 Å². The Kier molecular flexibility index (Phi) is 4.16. The van der Waals surface area contributed by atoms with Gasteiger partial charge in [0.2, 0.25) is 0 Å². The van der Waals surface area contributed by atoms with Crippen molar-refractivity contribution in [1.29, 1.82) is 0 Å². The van der Waals surface area contributed by atoms with E-state index in [-0.39, 0.29) is 16.7 Å². The van der Waals surface area contributed by atoms with E-state index in [2.05, 4.69) is 16.2 Å². The summed E-state index contributed by atoms with van der Waals surface area (Å²) in [6.45, 7) is 1.99. The zero-order valence-corrected chi connectivity index (χ0v) is 11.2. The molecule has 0 saturated heterocycles. The van der Waals surface area contributed by atoms with Crippen LogP contribution in [0.2, 0.25) is 0 Å². The molecule has 0 aliphatic carbocycles. The van der Waals surface area contributed by atoms with Gasteiger partial charge < -0.3 is 5.32 Å². The van der Waals surface area contributed by atoms with Crippen LogP contribution in [0.15, 0.2) is 30.5 Å². The molecule has 0 aliphatic rings. The van der Waals surface area contributed by atoms with E-state index in [1.807, 2.05) is 6.92 Å². The van der Waals surface area contributed by atoms with Crippen LogP contribution in [0.1, 0.15) is 19.8 Å². The van der Waals surface area contributed by atoms with Crippen molar-refractivity contribution < 1.29 is 4.92 Å². The maximum absolute atomic E-state index is 11.4. The van der Waals surface area contributed by atoms with E-state index in [4.69, 9.17) is 6.42 Å². The fourth-order valence-corrected chi connectivity index (χ4v) is 2.11. The third-order valence-corrected chi connectivity index (χ3v) is 3.16. The van der Waals surface area contributed by atoms with Gasteiger partial charge in [-0.05, 0) is 30.7 Å². The summed E-state index contributed by atoms with van der Waals surface area (Å²) in [5.41, 5.74) is 1.14. The molecule has 20 heavy (non-hydrogen) atoms. The summed E-state index contributed by atoms with van der Waals surface area (Å²) in [6, 6.07) is 6.87. The first kappa shape index (κ1) is 13.8. The molecule has 0 saturated carbocycles. The lowest BCUT2D eigenvalue weighted by Gasteiger charge is -2.16. The molecule has 1 heterocycles. The van der Waals surface area contributed by atoms with E-state index in [9.17, 15) is 10.1 Å². The summed E-state index contributed by atoms with van der Waals surface area (Å²) >= 11 is 0. The predicted molar refractivity (Wildman–Crippen MR) is 79.5 cm³/mol. The monoisotopic (exact) mass is 269 g/mol. The van der Waals surface area contributed by atoms with E-state index in [1.54, 1.807) is 30.5 Å². The number of pyridine rings is 1. The Labute approximate surface area is 117 Å². The van der Waals surface area contributed by atoms with E-state index >= 15 is 0 Å². The first-order valence-electron chi connectivity index (χ1n) is 6.39. The van der Waals surface area contributed by atoms with Crippen LogP contribution in [0.3, 0.4) is 0 Å². The van der Waals surface area contributed by atoms with Gasteiger partial charge in [0.1, 0.15) is 5.69 Å². The molecule has 0 amide bonds. The van der Waals surface area contributed by atoms with Crippen LogP contribution in [0.25, 0.3) is 10.9 Å². The fraction of sp³-hybridized carbons (Fsp3) is 0.267. The highest BCUT2D eigenvalue weighted by atomic mass is 16.6. The van der Waals surface area contributed by atoms with Gasteiger partial charge in [0.25, 0.3) is 0 Å². The Bertz CT molecular complexity index is 676. The fourth-order valence-electron chi connectivity index (χ4n) is 2.11. The number of nitrogens with one attached hydrogen (secondary N) is 1. The molecule has 1 atom stereocenters. The Morgan fingerprint density at radius 2 is 2.30 bits per heavy atom. The second-order valence-electron chi connectivity index (χ2n) is 4.45. The van der Waals surface area contributed by atoms with Crippen molar-refractivity contribution in [2.45, 2.75) is 25.8 Å². The molecule has 5 nitrogen and oxygen atoms in total. The van der Waals surface area contributed by atoms with Crippen molar-refractivity contribution >= 4 is 22.3 Å². The largest absolute Gasteiger partial charge is 0.376 e. The number of hydrogen-bond donors (Lipinski definition) is 1. The number of nitrogens with zero attached hydrogens (tertiary/aromatic N) is 2. The van der Waals surface area contributed by atoms with Crippen LogP contribution in [0, 0.1) is 22.5 Å². The topological polar surface area (TPSA) is 68.1 Å². The highest BCUT2D eigenvalue weighted by Crippen LogP contribution is 2.33. The summed E-state index contributed by atoms with van der Waals surface area (Å²) in [5.74, 6) is 2.58. The third kappa shape index (κ3) is 2.69. The molecule has 1 N–H and O–H groups in total. The van der Waals surface area contributed by atoms with Gasteiger partial charge in [-0.2, -0.15) is 0 Å². The standard InChI is InChI=1S/C15H15N3O2/c1-3-6-11(4-2)17-14-9-8-13-12(7-5-10-16-13)15(14)18(19)20/h1,5,7-11,17H,4,6H2,2H3. The van der Waals surface area contributed by atoms with Gasteiger partial charge in [0.15, 0.2) is 0 Å². The molecule has 0 radical (unpaired) electrons. The molecule has 102 valence electrons. The van der Waals surface area contributed by atoms with E-state index in [1.165, 1.54) is 0 Å². The number of rotatable bonds is 5. The number of nitro groups is 1. The summed E-state index contributed by atoms with van der Waals surface area (Å²) in [4.78, 5) is 15.1. The second-order valence-corrected chi connectivity index (χ2v) is 4.45. The van der Waals surface area contributed by atoms with Gasteiger partial charge in [-0.25, -0.2) is 0 Å². The quantitative estimate of drug-likeness (QED) is 0.513. The molecule has 1 unspecified atom stereocenters. The molecule has 0 spiro atoms. The van der Waals surface area contributed by atoms with E-state index in [0.29, 0.717) is 23.0 Å². The van der Waals surface area contributed by atoms with Crippen molar-refractivity contribution in [3.8, 4) is 12.3 Å². The number of hydrogen-bond acceptors (Lipinski definition) is 4. The van der Waals surface area contributed by atoms with Crippen LogP contribution >= 0.6 is 0 Å². The van der Waals surface area contributed by atoms with Gasteiger partial charge >= 0.3 is 5.69 Å². The molecular weight excluding hydrogens is 254 g/mol. The Morgan fingerprint density at radius 1 is 1.50 bits per heavy atom.